The van der Waals surface area contributed by atoms with Gasteiger partial charge in [0.1, 0.15) is 6.61 Å². The zero-order chi connectivity index (χ0) is 18.4. The van der Waals surface area contributed by atoms with Crippen LogP contribution in [0.4, 0.5) is 26.7 Å². The van der Waals surface area contributed by atoms with E-state index in [-0.39, 0.29) is 13.2 Å². The van der Waals surface area contributed by atoms with Crippen LogP contribution in [-0.2, 0) is 11.3 Å². The normalized spacial score (nSPS) is 10.9. The lowest BCUT2D eigenvalue weighted by molar-refractivity contribution is 0.141. The Hall–Kier alpha value is -2.90. The van der Waals surface area contributed by atoms with Crippen LogP contribution in [0.15, 0.2) is 36.4 Å². The minimum Gasteiger partial charge on any atom is -0.445 e. The van der Waals surface area contributed by atoms with Gasteiger partial charge in [0.2, 0.25) is 5.82 Å². The van der Waals surface area contributed by atoms with E-state index in [1.807, 2.05) is 0 Å². The molecule has 0 spiro atoms. The second-order valence-corrected chi connectivity index (χ2v) is 4.83. The molecule has 1 amide bonds. The van der Waals surface area contributed by atoms with Gasteiger partial charge in [-0.3, -0.25) is 0 Å². The minimum absolute atomic E-state index is 0.0219. The first kappa shape index (κ1) is 18.4. The van der Waals surface area contributed by atoms with Crippen molar-refractivity contribution in [1.82, 2.24) is 5.32 Å². The molecule has 0 unspecified atom stereocenters. The molecule has 2 rings (SSSR count). The summed E-state index contributed by atoms with van der Waals surface area (Å²) in [7, 11) is 0. The van der Waals surface area contributed by atoms with Gasteiger partial charge in [-0.25, -0.2) is 26.7 Å². The fourth-order valence-corrected chi connectivity index (χ4v) is 1.86. The van der Waals surface area contributed by atoms with E-state index < -0.39 is 40.7 Å². The molecule has 0 aliphatic rings. The fraction of sp³-hybridized carbons (Fsp3) is 0.118. The molecular formula is C17H12F5NO2. The van der Waals surface area contributed by atoms with E-state index in [9.17, 15) is 26.7 Å². The molecule has 0 radical (unpaired) electrons. The Morgan fingerprint density at radius 1 is 0.920 bits per heavy atom. The van der Waals surface area contributed by atoms with Gasteiger partial charge in [-0.1, -0.05) is 42.5 Å². The van der Waals surface area contributed by atoms with Gasteiger partial charge in [0.05, 0.1) is 5.56 Å². The van der Waals surface area contributed by atoms with Gasteiger partial charge < -0.3 is 10.1 Å². The molecule has 0 aromatic heterocycles. The van der Waals surface area contributed by atoms with Gasteiger partial charge in [-0.15, -0.1) is 0 Å². The van der Waals surface area contributed by atoms with Gasteiger partial charge in [-0.05, 0) is 5.56 Å². The molecule has 2 aromatic rings. The molecule has 1 N–H and O–H groups in total. The predicted octanol–water partition coefficient (Wildman–Crippen LogP) is 4.32. The maximum Gasteiger partial charge on any atom is 0.407 e. The summed E-state index contributed by atoms with van der Waals surface area (Å²) in [6.45, 7) is -0.207. The van der Waals surface area contributed by atoms with Crippen molar-refractivity contribution in [2.75, 3.05) is 6.54 Å². The number of alkyl carbamates (subject to hydrolysis) is 1. The number of hydrogen-bond donors (Lipinski definition) is 1. The summed E-state index contributed by atoms with van der Waals surface area (Å²) in [5.41, 5.74) is -0.328. The van der Waals surface area contributed by atoms with E-state index in [4.69, 9.17) is 4.74 Å². The van der Waals surface area contributed by atoms with Crippen LogP contribution in [0.2, 0.25) is 0 Å². The SMILES string of the molecule is O=C(NCC=Cc1c(F)c(F)c(F)c(F)c1F)OCc1ccccc1. The molecule has 0 bridgehead atoms. The zero-order valence-corrected chi connectivity index (χ0v) is 12.7. The van der Waals surface area contributed by atoms with Crippen LogP contribution in [0.25, 0.3) is 6.08 Å². The van der Waals surface area contributed by atoms with Crippen LogP contribution in [0.3, 0.4) is 0 Å². The van der Waals surface area contributed by atoms with Gasteiger partial charge >= 0.3 is 6.09 Å². The number of carbonyl (C=O) groups is 1. The Balaban J connectivity index is 1.90. The van der Waals surface area contributed by atoms with Gasteiger partial charge in [0, 0.05) is 6.54 Å². The van der Waals surface area contributed by atoms with E-state index in [2.05, 4.69) is 5.32 Å². The average Bonchev–Trinajstić information content (AvgIpc) is 2.63. The maximum absolute atomic E-state index is 13.4. The van der Waals surface area contributed by atoms with E-state index >= 15 is 0 Å². The monoisotopic (exact) mass is 357 g/mol. The van der Waals surface area contributed by atoms with Crippen molar-refractivity contribution in [1.29, 1.82) is 0 Å². The third-order valence-electron chi connectivity index (χ3n) is 3.11. The van der Waals surface area contributed by atoms with Crippen molar-refractivity contribution < 1.29 is 31.5 Å². The molecule has 0 atom stereocenters. The highest BCUT2D eigenvalue weighted by atomic mass is 19.2. The van der Waals surface area contributed by atoms with E-state index in [0.29, 0.717) is 6.08 Å². The molecule has 132 valence electrons. The Bertz CT molecular complexity index is 764. The number of hydrogen-bond acceptors (Lipinski definition) is 2. The molecule has 0 aliphatic carbocycles. The van der Waals surface area contributed by atoms with Gasteiger partial charge in [0.25, 0.3) is 0 Å². The minimum atomic E-state index is -2.23. The van der Waals surface area contributed by atoms with Crippen molar-refractivity contribution in [2.24, 2.45) is 0 Å². The summed E-state index contributed by atoms with van der Waals surface area (Å²) in [4.78, 5) is 11.4. The molecule has 25 heavy (non-hydrogen) atoms. The third-order valence-corrected chi connectivity index (χ3v) is 3.11. The van der Waals surface area contributed by atoms with Gasteiger partial charge in [0.15, 0.2) is 23.3 Å². The molecule has 8 heteroatoms. The standard InChI is InChI=1S/C17H12F5NO2/c18-12-11(13(19)15(21)16(22)14(12)20)7-4-8-23-17(24)25-9-10-5-2-1-3-6-10/h1-7H,8-9H2,(H,23,24). The topological polar surface area (TPSA) is 38.3 Å². The lowest BCUT2D eigenvalue weighted by Crippen LogP contribution is -2.24. The Morgan fingerprint density at radius 2 is 1.48 bits per heavy atom. The number of benzene rings is 2. The van der Waals surface area contributed by atoms with Crippen molar-refractivity contribution in [2.45, 2.75) is 6.61 Å². The maximum atomic E-state index is 13.4. The van der Waals surface area contributed by atoms with Gasteiger partial charge in [-0.2, -0.15) is 0 Å². The smallest absolute Gasteiger partial charge is 0.407 e. The lowest BCUT2D eigenvalue weighted by Gasteiger charge is -2.06. The van der Waals surface area contributed by atoms with Crippen LogP contribution in [0, 0.1) is 29.1 Å². The summed E-state index contributed by atoms with van der Waals surface area (Å²) >= 11 is 0. The first-order valence-corrected chi connectivity index (χ1v) is 7.04. The van der Waals surface area contributed by atoms with Crippen molar-refractivity contribution >= 4 is 12.2 Å². The van der Waals surface area contributed by atoms with Crippen LogP contribution in [0.5, 0.6) is 0 Å². The number of rotatable bonds is 5. The van der Waals surface area contributed by atoms with Crippen LogP contribution in [0.1, 0.15) is 11.1 Å². The predicted molar refractivity (Wildman–Crippen MR) is 79.9 cm³/mol. The summed E-state index contributed by atoms with van der Waals surface area (Å²) in [5, 5.41) is 2.25. The summed E-state index contributed by atoms with van der Waals surface area (Å²) in [6.07, 6.45) is 0.918. The number of ether oxygens (including phenoxy) is 1. The highest BCUT2D eigenvalue weighted by Gasteiger charge is 2.24. The second-order valence-electron chi connectivity index (χ2n) is 4.83. The molecular weight excluding hydrogens is 345 g/mol. The van der Waals surface area contributed by atoms with Crippen molar-refractivity contribution in [3.8, 4) is 0 Å². The second kappa shape index (κ2) is 8.27. The fourth-order valence-electron chi connectivity index (χ4n) is 1.86. The number of nitrogens with one attached hydrogen (secondary N) is 1. The molecule has 0 aliphatic heterocycles. The van der Waals surface area contributed by atoms with Crippen LogP contribution < -0.4 is 5.32 Å². The summed E-state index contributed by atoms with van der Waals surface area (Å²) in [6, 6.07) is 8.83. The van der Waals surface area contributed by atoms with Crippen LogP contribution >= 0.6 is 0 Å². The van der Waals surface area contributed by atoms with E-state index in [0.717, 1.165) is 11.6 Å². The molecule has 0 saturated heterocycles. The van der Waals surface area contributed by atoms with Crippen molar-refractivity contribution in [3.05, 3.63) is 76.6 Å². The quantitative estimate of drug-likeness (QED) is 0.492. The summed E-state index contributed by atoms with van der Waals surface area (Å²) < 4.78 is 70.6. The first-order valence-electron chi connectivity index (χ1n) is 7.04. The molecule has 2 aromatic carbocycles. The highest BCUT2D eigenvalue weighted by molar-refractivity contribution is 5.67. The Morgan fingerprint density at radius 3 is 2.08 bits per heavy atom. The first-order chi connectivity index (χ1) is 11.9. The highest BCUT2D eigenvalue weighted by Crippen LogP contribution is 2.23. The summed E-state index contributed by atoms with van der Waals surface area (Å²) in [5.74, 6) is -10.2. The molecule has 0 fully saturated rings. The number of carbonyl (C=O) groups excluding carboxylic acids is 1. The Labute approximate surface area is 139 Å². The van der Waals surface area contributed by atoms with Crippen molar-refractivity contribution in [3.63, 3.8) is 0 Å². The largest absolute Gasteiger partial charge is 0.445 e. The Kier molecular flexibility index (Phi) is 6.10. The van der Waals surface area contributed by atoms with Crippen LogP contribution in [-0.4, -0.2) is 12.6 Å². The molecule has 3 nitrogen and oxygen atoms in total. The molecule has 0 saturated carbocycles. The average molecular weight is 357 g/mol. The zero-order valence-electron chi connectivity index (χ0n) is 12.7. The number of amides is 1. The lowest BCUT2D eigenvalue weighted by atomic mass is 10.1. The van der Waals surface area contributed by atoms with E-state index in [1.165, 1.54) is 0 Å². The third kappa shape index (κ3) is 4.56. The number of halogens is 5. The molecule has 0 heterocycles. The van der Waals surface area contributed by atoms with E-state index in [1.54, 1.807) is 30.3 Å².